The Morgan fingerprint density at radius 1 is 1.34 bits per heavy atom. The molecule has 1 unspecified atom stereocenters. The minimum atomic E-state index is -0.861. The van der Waals surface area contributed by atoms with E-state index in [1.54, 1.807) is 38.1 Å². The number of anilines is 2. The third kappa shape index (κ3) is 5.33. The van der Waals surface area contributed by atoms with Gasteiger partial charge in [-0.2, -0.15) is 5.26 Å². The summed E-state index contributed by atoms with van der Waals surface area (Å²) in [4.78, 5) is 35.7. The molecule has 1 heterocycles. The molecule has 4 N–H and O–H groups in total. The van der Waals surface area contributed by atoms with E-state index in [0.29, 0.717) is 23.2 Å². The van der Waals surface area contributed by atoms with Crippen molar-refractivity contribution in [2.24, 2.45) is 5.73 Å². The van der Waals surface area contributed by atoms with Crippen LogP contribution in [0.3, 0.4) is 0 Å². The normalized spacial score (nSPS) is 13.4. The molecule has 0 saturated carbocycles. The molecular formula is C20H23N5O3S. The summed E-state index contributed by atoms with van der Waals surface area (Å²) in [5.74, 6) is -0.938. The molecule has 1 aromatic heterocycles. The first kappa shape index (κ1) is 21.9. The van der Waals surface area contributed by atoms with Crippen molar-refractivity contribution < 1.29 is 9.59 Å². The van der Waals surface area contributed by atoms with E-state index in [1.807, 2.05) is 19.1 Å². The lowest BCUT2D eigenvalue weighted by Gasteiger charge is -2.12. The quantitative estimate of drug-likeness (QED) is 0.616. The molecular weight excluding hydrogens is 390 g/mol. The third-order valence-corrected chi connectivity index (χ3v) is 5.21. The lowest BCUT2D eigenvalue weighted by atomic mass is 10.2. The summed E-state index contributed by atoms with van der Waals surface area (Å²) in [5.41, 5.74) is 6.21. The molecule has 0 radical (unpaired) electrons. The van der Waals surface area contributed by atoms with Gasteiger partial charge >= 0.3 is 0 Å². The van der Waals surface area contributed by atoms with E-state index in [1.165, 1.54) is 4.57 Å². The number of rotatable bonds is 7. The van der Waals surface area contributed by atoms with Gasteiger partial charge in [-0.25, -0.2) is 0 Å². The van der Waals surface area contributed by atoms with E-state index in [0.717, 1.165) is 17.0 Å². The molecule has 0 fully saturated rings. The SMILES string of the molecule is CCC(=O)Nc1cccc(NC(C)C=c2s/c(=C(/C#N)C(N)=O)n(CC)c2=O)c1. The highest BCUT2D eigenvalue weighted by atomic mass is 32.1. The summed E-state index contributed by atoms with van der Waals surface area (Å²) in [6.45, 7) is 5.72. The average Bonchev–Trinajstić information content (AvgIpc) is 2.97. The Labute approximate surface area is 172 Å². The summed E-state index contributed by atoms with van der Waals surface area (Å²) in [7, 11) is 0. The summed E-state index contributed by atoms with van der Waals surface area (Å²) < 4.78 is 2.04. The van der Waals surface area contributed by atoms with Gasteiger partial charge in [-0.1, -0.05) is 13.0 Å². The third-order valence-electron chi connectivity index (χ3n) is 4.06. The van der Waals surface area contributed by atoms with Gasteiger partial charge in [0.25, 0.3) is 11.5 Å². The topological polar surface area (TPSA) is 130 Å². The molecule has 0 bridgehead atoms. The van der Waals surface area contributed by atoms with E-state index in [4.69, 9.17) is 5.73 Å². The van der Waals surface area contributed by atoms with Crippen LogP contribution in [0.25, 0.3) is 11.6 Å². The fraction of sp³-hybridized carbons (Fsp3) is 0.300. The molecule has 29 heavy (non-hydrogen) atoms. The molecule has 2 rings (SSSR count). The molecule has 9 heteroatoms. The highest BCUT2D eigenvalue weighted by molar-refractivity contribution is 7.07. The van der Waals surface area contributed by atoms with Crippen molar-refractivity contribution in [3.05, 3.63) is 43.8 Å². The number of carbonyl (C=O) groups is 2. The van der Waals surface area contributed by atoms with Crippen LogP contribution in [0.4, 0.5) is 11.4 Å². The highest BCUT2D eigenvalue weighted by Crippen LogP contribution is 2.16. The Hall–Kier alpha value is -3.38. The maximum absolute atomic E-state index is 12.7. The van der Waals surface area contributed by atoms with Gasteiger partial charge in [0, 0.05) is 30.4 Å². The minimum absolute atomic E-state index is 0.0769. The van der Waals surface area contributed by atoms with E-state index in [9.17, 15) is 19.6 Å². The van der Waals surface area contributed by atoms with Crippen molar-refractivity contribution in [3.8, 4) is 6.07 Å². The van der Waals surface area contributed by atoms with Crippen LogP contribution in [0.5, 0.6) is 0 Å². The van der Waals surface area contributed by atoms with Crippen molar-refractivity contribution >= 4 is 46.2 Å². The molecule has 2 aromatic rings. The van der Waals surface area contributed by atoms with Crippen LogP contribution in [-0.4, -0.2) is 22.4 Å². The minimum Gasteiger partial charge on any atom is -0.379 e. The van der Waals surface area contributed by atoms with Crippen LogP contribution < -0.4 is 31.1 Å². The number of benzene rings is 1. The fourth-order valence-electron chi connectivity index (χ4n) is 2.68. The van der Waals surface area contributed by atoms with E-state index in [2.05, 4.69) is 10.6 Å². The number of primary amides is 1. The average molecular weight is 414 g/mol. The largest absolute Gasteiger partial charge is 0.379 e. The second-order valence-corrected chi connectivity index (χ2v) is 7.28. The molecule has 2 amide bonds. The monoisotopic (exact) mass is 413 g/mol. The van der Waals surface area contributed by atoms with Gasteiger partial charge in [0.2, 0.25) is 5.91 Å². The number of amides is 2. The Kier molecular flexibility index (Phi) is 7.33. The first-order valence-electron chi connectivity index (χ1n) is 9.12. The number of carbonyl (C=O) groups excluding carboxylic acids is 2. The van der Waals surface area contributed by atoms with Gasteiger partial charge in [0.15, 0.2) is 5.57 Å². The Morgan fingerprint density at radius 3 is 2.62 bits per heavy atom. The Morgan fingerprint density at radius 2 is 2.03 bits per heavy atom. The van der Waals surface area contributed by atoms with Crippen molar-refractivity contribution in [1.29, 1.82) is 5.26 Å². The van der Waals surface area contributed by atoms with Gasteiger partial charge in [-0.05, 0) is 38.1 Å². The summed E-state index contributed by atoms with van der Waals surface area (Å²) >= 11 is 1.06. The standard InChI is InChI=1S/C20H23N5O3S/c1-4-17(26)24-14-8-6-7-13(10-14)23-12(3)9-16-19(28)25(5-2)20(29-16)15(11-21)18(22)27/h6-10,12,23H,4-5H2,1-3H3,(H2,22,27)(H,24,26)/b16-9?,20-15-. The van der Waals surface area contributed by atoms with E-state index in [-0.39, 0.29) is 27.7 Å². The number of hydrogen-bond donors (Lipinski definition) is 3. The Bertz CT molecular complexity index is 1140. The fourth-order valence-corrected chi connectivity index (χ4v) is 3.93. The second kappa shape index (κ2) is 9.71. The molecule has 1 aromatic carbocycles. The van der Waals surface area contributed by atoms with Crippen LogP contribution in [0.1, 0.15) is 27.2 Å². The van der Waals surface area contributed by atoms with Crippen LogP contribution in [0.15, 0.2) is 29.1 Å². The maximum atomic E-state index is 12.7. The van der Waals surface area contributed by atoms with E-state index >= 15 is 0 Å². The van der Waals surface area contributed by atoms with Gasteiger partial charge in [-0.3, -0.25) is 19.0 Å². The summed E-state index contributed by atoms with van der Waals surface area (Å²) in [6, 6.07) is 8.82. The number of nitrogens with two attached hydrogens (primary N) is 1. The zero-order valence-electron chi connectivity index (χ0n) is 16.5. The van der Waals surface area contributed by atoms with Crippen LogP contribution >= 0.6 is 11.3 Å². The molecule has 0 aliphatic carbocycles. The maximum Gasteiger partial charge on any atom is 0.268 e. The summed E-state index contributed by atoms with van der Waals surface area (Å²) in [6.07, 6.45) is 2.12. The summed E-state index contributed by atoms with van der Waals surface area (Å²) in [5, 5.41) is 15.2. The molecule has 0 aliphatic rings. The van der Waals surface area contributed by atoms with E-state index < -0.39 is 5.91 Å². The van der Waals surface area contributed by atoms with Crippen molar-refractivity contribution in [3.63, 3.8) is 0 Å². The molecule has 1 atom stereocenters. The van der Waals surface area contributed by atoms with Gasteiger partial charge < -0.3 is 16.4 Å². The Balaban J connectivity index is 2.39. The number of nitriles is 1. The number of aromatic nitrogens is 1. The lowest BCUT2D eigenvalue weighted by molar-refractivity contribution is -0.116. The number of nitrogens with zero attached hydrogens (tertiary/aromatic N) is 2. The number of thiazole rings is 1. The molecule has 0 aliphatic heterocycles. The first-order chi connectivity index (χ1) is 13.8. The van der Waals surface area contributed by atoms with Crippen molar-refractivity contribution in [2.45, 2.75) is 39.8 Å². The molecule has 0 spiro atoms. The van der Waals surface area contributed by atoms with Crippen molar-refractivity contribution in [2.75, 3.05) is 10.6 Å². The van der Waals surface area contributed by atoms with Crippen LogP contribution in [0, 0.1) is 11.3 Å². The van der Waals surface area contributed by atoms with Crippen LogP contribution in [0.2, 0.25) is 0 Å². The number of hydrogen-bond acceptors (Lipinski definition) is 6. The zero-order chi connectivity index (χ0) is 21.6. The van der Waals surface area contributed by atoms with Crippen molar-refractivity contribution in [1.82, 2.24) is 4.57 Å². The smallest absolute Gasteiger partial charge is 0.268 e. The van der Waals surface area contributed by atoms with Gasteiger partial charge in [-0.15, -0.1) is 11.3 Å². The lowest BCUT2D eigenvalue weighted by Crippen LogP contribution is -2.33. The molecule has 0 saturated heterocycles. The van der Waals surface area contributed by atoms with Gasteiger partial charge in [0.05, 0.1) is 4.53 Å². The van der Waals surface area contributed by atoms with Gasteiger partial charge in [0.1, 0.15) is 10.7 Å². The van der Waals surface area contributed by atoms with Crippen LogP contribution in [-0.2, 0) is 16.1 Å². The predicted molar refractivity (Wildman–Crippen MR) is 115 cm³/mol. The zero-order valence-corrected chi connectivity index (χ0v) is 17.3. The molecule has 152 valence electrons. The predicted octanol–water partition coefficient (Wildman–Crippen LogP) is 0.719. The molecule has 8 nitrogen and oxygen atoms in total. The number of nitrogens with one attached hydrogen (secondary N) is 2. The second-order valence-electron chi connectivity index (χ2n) is 6.25. The highest BCUT2D eigenvalue weighted by Gasteiger charge is 2.12. The first-order valence-corrected chi connectivity index (χ1v) is 9.94.